The van der Waals surface area contributed by atoms with Crippen LogP contribution in [0.15, 0.2) is 6.20 Å². The van der Waals surface area contributed by atoms with E-state index in [1.54, 1.807) is 6.20 Å². The summed E-state index contributed by atoms with van der Waals surface area (Å²) in [5.74, 6) is 0.986. The van der Waals surface area contributed by atoms with Gasteiger partial charge in [0.2, 0.25) is 0 Å². The second-order valence-electron chi connectivity index (χ2n) is 5.82. The van der Waals surface area contributed by atoms with Crippen LogP contribution < -0.4 is 0 Å². The highest BCUT2D eigenvalue weighted by molar-refractivity contribution is 5.97. The van der Waals surface area contributed by atoms with Gasteiger partial charge in [-0.05, 0) is 32.6 Å². The molecule has 2 aliphatic rings. The number of hydrogen-bond acceptors (Lipinski definition) is 4. The van der Waals surface area contributed by atoms with Gasteiger partial charge < -0.3 is 4.74 Å². The zero-order valence-corrected chi connectivity index (χ0v) is 12.2. The minimum atomic E-state index is -0.317. The number of ketones is 1. The highest BCUT2D eigenvalue weighted by atomic mass is 16.5. The van der Waals surface area contributed by atoms with E-state index in [1.807, 2.05) is 6.92 Å². The fraction of sp³-hybridized carbons (Fsp3) is 0.688. The number of nitrogens with zero attached hydrogens (tertiary/aromatic N) is 2. The van der Waals surface area contributed by atoms with Gasteiger partial charge in [-0.1, -0.05) is 19.3 Å². The van der Waals surface area contributed by atoms with Crippen molar-refractivity contribution in [2.45, 2.75) is 63.9 Å². The predicted molar refractivity (Wildman–Crippen MR) is 75.7 cm³/mol. The van der Waals surface area contributed by atoms with Gasteiger partial charge in [0.05, 0.1) is 11.3 Å². The first-order chi connectivity index (χ1) is 9.75. The van der Waals surface area contributed by atoms with Crippen LogP contribution in [-0.4, -0.2) is 22.4 Å². The Kier molecular flexibility index (Phi) is 3.83. The Labute approximate surface area is 120 Å². The molecule has 0 unspecified atom stereocenters. The predicted octanol–water partition coefficient (Wildman–Crippen LogP) is 3.19. The summed E-state index contributed by atoms with van der Waals surface area (Å²) in [6.07, 6.45) is 9.74. The third-order valence-electron chi connectivity index (χ3n) is 4.47. The maximum absolute atomic E-state index is 11.9. The van der Waals surface area contributed by atoms with Crippen molar-refractivity contribution >= 4 is 5.78 Å². The SMILES string of the molecule is CCOC1(c2ncc3c(n2)CCCC3=O)CCCCC1. The number of fused-ring (bicyclic) bond motifs is 1. The van der Waals surface area contributed by atoms with Crippen molar-refractivity contribution in [3.05, 3.63) is 23.3 Å². The smallest absolute Gasteiger partial charge is 0.166 e. The van der Waals surface area contributed by atoms with Crippen molar-refractivity contribution in [3.8, 4) is 0 Å². The van der Waals surface area contributed by atoms with E-state index in [1.165, 1.54) is 19.3 Å². The van der Waals surface area contributed by atoms with Crippen molar-refractivity contribution in [1.82, 2.24) is 9.97 Å². The summed E-state index contributed by atoms with van der Waals surface area (Å²) in [4.78, 5) is 21.1. The first-order valence-corrected chi connectivity index (χ1v) is 7.79. The number of Topliss-reactive ketones (excluding diaryl/α,β-unsaturated/α-hetero) is 1. The standard InChI is InChI=1S/C16H22N2O2/c1-2-20-16(9-4-3-5-10-16)15-17-11-12-13(18-15)7-6-8-14(12)19/h11H,2-10H2,1H3. The van der Waals surface area contributed by atoms with E-state index in [0.29, 0.717) is 13.0 Å². The Morgan fingerprint density at radius 1 is 1.20 bits per heavy atom. The minimum Gasteiger partial charge on any atom is -0.367 e. The number of carbonyl (C=O) groups is 1. The van der Waals surface area contributed by atoms with Crippen LogP contribution in [0.3, 0.4) is 0 Å². The first-order valence-electron chi connectivity index (χ1n) is 7.79. The van der Waals surface area contributed by atoms with E-state index in [-0.39, 0.29) is 11.4 Å². The van der Waals surface area contributed by atoms with E-state index in [9.17, 15) is 4.79 Å². The molecule has 0 amide bonds. The Balaban J connectivity index is 1.97. The van der Waals surface area contributed by atoms with Crippen LogP contribution >= 0.6 is 0 Å². The lowest BCUT2D eigenvalue weighted by molar-refractivity contribution is -0.0768. The van der Waals surface area contributed by atoms with Gasteiger partial charge in [0.15, 0.2) is 11.6 Å². The Bertz CT molecular complexity index is 502. The molecule has 0 N–H and O–H groups in total. The van der Waals surface area contributed by atoms with E-state index in [4.69, 9.17) is 9.72 Å². The lowest BCUT2D eigenvalue weighted by Crippen LogP contribution is -2.35. The molecule has 108 valence electrons. The molecular formula is C16H22N2O2. The van der Waals surface area contributed by atoms with Crippen LogP contribution in [0.4, 0.5) is 0 Å². The zero-order valence-electron chi connectivity index (χ0n) is 12.2. The molecule has 0 aromatic carbocycles. The normalized spacial score (nSPS) is 21.6. The van der Waals surface area contributed by atoms with Crippen molar-refractivity contribution in [2.24, 2.45) is 0 Å². The molecule has 4 nitrogen and oxygen atoms in total. The van der Waals surface area contributed by atoms with Crippen molar-refractivity contribution < 1.29 is 9.53 Å². The Morgan fingerprint density at radius 2 is 2.00 bits per heavy atom. The molecule has 1 aromatic heterocycles. The van der Waals surface area contributed by atoms with E-state index in [2.05, 4.69) is 4.98 Å². The topological polar surface area (TPSA) is 52.1 Å². The fourth-order valence-corrected chi connectivity index (χ4v) is 3.44. The van der Waals surface area contributed by atoms with Crippen molar-refractivity contribution in [1.29, 1.82) is 0 Å². The average molecular weight is 274 g/mol. The van der Waals surface area contributed by atoms with Gasteiger partial charge >= 0.3 is 0 Å². The van der Waals surface area contributed by atoms with Crippen LogP contribution in [0.25, 0.3) is 0 Å². The quantitative estimate of drug-likeness (QED) is 0.849. The van der Waals surface area contributed by atoms with Crippen LogP contribution in [0.1, 0.15) is 73.7 Å². The second-order valence-corrected chi connectivity index (χ2v) is 5.82. The molecule has 1 fully saturated rings. The largest absolute Gasteiger partial charge is 0.367 e. The maximum Gasteiger partial charge on any atom is 0.166 e. The minimum absolute atomic E-state index is 0.187. The van der Waals surface area contributed by atoms with Gasteiger partial charge in [-0.25, -0.2) is 9.97 Å². The van der Waals surface area contributed by atoms with E-state index in [0.717, 1.165) is 42.8 Å². The number of aryl methyl sites for hydroxylation is 1. The zero-order chi connectivity index (χ0) is 14.0. The van der Waals surface area contributed by atoms with Crippen LogP contribution in [0, 0.1) is 0 Å². The molecule has 1 saturated carbocycles. The molecule has 0 aliphatic heterocycles. The number of ether oxygens (including phenoxy) is 1. The lowest BCUT2D eigenvalue weighted by atomic mass is 9.83. The number of carbonyl (C=O) groups excluding carboxylic acids is 1. The van der Waals surface area contributed by atoms with Crippen molar-refractivity contribution in [3.63, 3.8) is 0 Å². The highest BCUT2D eigenvalue weighted by Gasteiger charge is 2.38. The number of rotatable bonds is 3. The summed E-state index contributed by atoms with van der Waals surface area (Å²) >= 11 is 0. The molecule has 1 aromatic rings. The van der Waals surface area contributed by atoms with Gasteiger partial charge in [0, 0.05) is 19.2 Å². The molecule has 0 radical (unpaired) electrons. The number of hydrogen-bond donors (Lipinski definition) is 0. The summed E-state index contributed by atoms with van der Waals surface area (Å²) in [6, 6.07) is 0. The number of aromatic nitrogens is 2. The average Bonchev–Trinajstić information content (AvgIpc) is 2.48. The van der Waals surface area contributed by atoms with Gasteiger partial charge in [-0.3, -0.25) is 4.79 Å². The summed E-state index contributed by atoms with van der Waals surface area (Å²) in [6.45, 7) is 2.71. The molecular weight excluding hydrogens is 252 g/mol. The van der Waals surface area contributed by atoms with Gasteiger partial charge in [-0.2, -0.15) is 0 Å². The third-order valence-corrected chi connectivity index (χ3v) is 4.47. The molecule has 0 atom stereocenters. The highest BCUT2D eigenvalue weighted by Crippen LogP contribution is 2.39. The van der Waals surface area contributed by atoms with Crippen molar-refractivity contribution in [2.75, 3.05) is 6.61 Å². The molecule has 1 heterocycles. The lowest BCUT2D eigenvalue weighted by Gasteiger charge is -2.36. The van der Waals surface area contributed by atoms with Gasteiger partial charge in [0.1, 0.15) is 5.60 Å². The Hall–Kier alpha value is -1.29. The monoisotopic (exact) mass is 274 g/mol. The molecule has 4 heteroatoms. The molecule has 0 bridgehead atoms. The van der Waals surface area contributed by atoms with Gasteiger partial charge in [0.25, 0.3) is 0 Å². The van der Waals surface area contributed by atoms with E-state index < -0.39 is 0 Å². The Morgan fingerprint density at radius 3 is 2.75 bits per heavy atom. The van der Waals surface area contributed by atoms with Crippen LogP contribution in [0.5, 0.6) is 0 Å². The maximum atomic E-state index is 11.9. The summed E-state index contributed by atoms with van der Waals surface area (Å²) < 4.78 is 6.06. The van der Waals surface area contributed by atoms with Crippen LogP contribution in [-0.2, 0) is 16.8 Å². The molecule has 20 heavy (non-hydrogen) atoms. The summed E-state index contributed by atoms with van der Waals surface area (Å²) in [5, 5.41) is 0. The summed E-state index contributed by atoms with van der Waals surface area (Å²) in [7, 11) is 0. The van der Waals surface area contributed by atoms with Gasteiger partial charge in [-0.15, -0.1) is 0 Å². The van der Waals surface area contributed by atoms with E-state index >= 15 is 0 Å². The first kappa shape index (κ1) is 13.7. The molecule has 2 aliphatic carbocycles. The molecule has 0 spiro atoms. The third kappa shape index (κ3) is 2.37. The fourth-order valence-electron chi connectivity index (χ4n) is 3.44. The second kappa shape index (κ2) is 5.60. The van der Waals surface area contributed by atoms with Crippen LogP contribution in [0.2, 0.25) is 0 Å². The molecule has 3 rings (SSSR count). The summed E-state index contributed by atoms with van der Waals surface area (Å²) in [5.41, 5.74) is 1.33. The molecule has 0 saturated heterocycles.